The first-order valence-corrected chi connectivity index (χ1v) is 11.3. The van der Waals surface area contributed by atoms with Gasteiger partial charge in [-0.3, -0.25) is 4.79 Å². The van der Waals surface area contributed by atoms with Gasteiger partial charge in [0, 0.05) is 18.6 Å². The molecule has 0 bridgehead atoms. The van der Waals surface area contributed by atoms with Crippen molar-refractivity contribution in [3.8, 4) is 5.75 Å². The maximum atomic E-state index is 13.6. The van der Waals surface area contributed by atoms with Crippen LogP contribution in [0.15, 0.2) is 18.2 Å². The number of amides is 2. The second-order valence-electron chi connectivity index (χ2n) is 9.76. The maximum absolute atomic E-state index is 13.6. The zero-order valence-corrected chi connectivity index (χ0v) is 19.1. The molecule has 1 aliphatic heterocycles. The Kier molecular flexibility index (Phi) is 6.15. The van der Waals surface area contributed by atoms with Gasteiger partial charge in [-0.15, -0.1) is 0 Å². The van der Waals surface area contributed by atoms with Gasteiger partial charge >= 0.3 is 6.09 Å². The molecule has 170 valence electrons. The lowest BCUT2D eigenvalue weighted by molar-refractivity contribution is -0.152. The molecule has 2 aliphatic carbocycles. The highest BCUT2D eigenvalue weighted by Crippen LogP contribution is 2.37. The molecule has 0 N–H and O–H groups in total. The average molecular weight is 431 g/mol. The minimum atomic E-state index is -0.638. The van der Waals surface area contributed by atoms with E-state index in [1.807, 2.05) is 32.9 Å². The van der Waals surface area contributed by atoms with Gasteiger partial charge in [0.25, 0.3) is 5.91 Å². The summed E-state index contributed by atoms with van der Waals surface area (Å²) >= 11 is 0. The number of morpholine rings is 1. The zero-order valence-electron chi connectivity index (χ0n) is 19.1. The van der Waals surface area contributed by atoms with E-state index in [2.05, 4.69) is 11.0 Å². The number of carbonyl (C=O) groups is 2. The summed E-state index contributed by atoms with van der Waals surface area (Å²) in [5, 5.41) is 0. The molecule has 7 nitrogen and oxygen atoms in total. The molecule has 2 atom stereocenters. The highest BCUT2D eigenvalue weighted by molar-refractivity contribution is 5.83. The summed E-state index contributed by atoms with van der Waals surface area (Å²) < 4.78 is 16.9. The molecule has 1 aromatic rings. The van der Waals surface area contributed by atoms with Crippen LogP contribution in [-0.2, 0) is 27.1 Å². The molecule has 4 rings (SSSR count). The lowest BCUT2D eigenvalue weighted by Gasteiger charge is -2.40. The number of carbonyl (C=O) groups excluding carboxylic acids is 2. The Labute approximate surface area is 184 Å². The maximum Gasteiger partial charge on any atom is 0.410 e. The number of nitrogens with zero attached hydrogens (tertiary/aromatic N) is 2. The van der Waals surface area contributed by atoms with E-state index in [0.29, 0.717) is 13.2 Å². The quantitative estimate of drug-likeness (QED) is 0.734. The van der Waals surface area contributed by atoms with Crippen LogP contribution in [0.2, 0.25) is 0 Å². The van der Waals surface area contributed by atoms with Crippen LogP contribution in [0.25, 0.3) is 0 Å². The number of fused-ring (bicyclic) bond motifs is 1. The molecule has 1 aromatic carbocycles. The van der Waals surface area contributed by atoms with Crippen molar-refractivity contribution in [2.45, 2.75) is 76.7 Å². The van der Waals surface area contributed by atoms with Gasteiger partial charge in [0.2, 0.25) is 0 Å². The largest absolute Gasteiger partial charge is 0.496 e. The van der Waals surface area contributed by atoms with E-state index >= 15 is 0 Å². The predicted molar refractivity (Wildman–Crippen MR) is 116 cm³/mol. The van der Waals surface area contributed by atoms with Gasteiger partial charge in [0.1, 0.15) is 11.4 Å². The third-order valence-corrected chi connectivity index (χ3v) is 6.22. The van der Waals surface area contributed by atoms with Gasteiger partial charge in [-0.2, -0.15) is 0 Å². The Morgan fingerprint density at radius 3 is 2.61 bits per heavy atom. The normalized spacial score (nSPS) is 23.7. The number of ether oxygens (including phenoxy) is 3. The Bertz CT molecular complexity index is 815. The average Bonchev–Trinajstić information content (AvgIpc) is 3.57. The fraction of sp³-hybridized carbons (Fsp3) is 0.667. The van der Waals surface area contributed by atoms with Crippen molar-refractivity contribution < 1.29 is 23.8 Å². The minimum Gasteiger partial charge on any atom is -0.496 e. The van der Waals surface area contributed by atoms with E-state index in [1.54, 1.807) is 12.0 Å². The Balaban J connectivity index is 1.47. The third-order valence-electron chi connectivity index (χ3n) is 6.22. The standard InChI is InChI=1S/C24H34N2O5/c1-24(2,3)31-23(28)25-12-13-30-21(15-25)22(27)26(17-10-11-17)18-9-8-16-6-5-7-20(29-4)19(16)14-18/h5-7,17-18,21H,8-15H2,1-4H3/t18?,21-/m1/s1. The monoisotopic (exact) mass is 430 g/mol. The SMILES string of the molecule is COc1cccc2c1CC(N(C(=O)[C@H]1CN(C(=O)OC(C)(C)C)CCO1)C1CC1)CC2. The minimum absolute atomic E-state index is 0.000827. The summed E-state index contributed by atoms with van der Waals surface area (Å²) in [5.41, 5.74) is 1.95. The molecule has 0 spiro atoms. The number of methoxy groups -OCH3 is 1. The van der Waals surface area contributed by atoms with Gasteiger partial charge in [0.05, 0.1) is 20.3 Å². The first kappa shape index (κ1) is 21.9. The van der Waals surface area contributed by atoms with Gasteiger partial charge in [-0.05, 0) is 70.1 Å². The van der Waals surface area contributed by atoms with Gasteiger partial charge in [-0.25, -0.2) is 4.79 Å². The molecule has 7 heteroatoms. The third kappa shape index (κ3) is 4.97. The zero-order chi connectivity index (χ0) is 22.2. The van der Waals surface area contributed by atoms with Gasteiger partial charge < -0.3 is 24.0 Å². The summed E-state index contributed by atoms with van der Waals surface area (Å²) in [6.45, 7) is 6.56. The lowest BCUT2D eigenvalue weighted by atomic mass is 9.86. The molecule has 2 fully saturated rings. The summed E-state index contributed by atoms with van der Waals surface area (Å²) in [5.74, 6) is 0.898. The highest BCUT2D eigenvalue weighted by atomic mass is 16.6. The molecule has 0 radical (unpaired) electrons. The Morgan fingerprint density at radius 1 is 1.16 bits per heavy atom. The van der Waals surface area contributed by atoms with E-state index in [9.17, 15) is 9.59 Å². The molecule has 1 saturated carbocycles. The van der Waals surface area contributed by atoms with Crippen LogP contribution < -0.4 is 4.74 Å². The number of aryl methyl sites for hydroxylation is 1. The second-order valence-corrected chi connectivity index (χ2v) is 9.76. The molecule has 1 saturated heterocycles. The van der Waals surface area contributed by atoms with Gasteiger partial charge in [-0.1, -0.05) is 12.1 Å². The molecular weight excluding hydrogens is 396 g/mol. The van der Waals surface area contributed by atoms with Crippen molar-refractivity contribution in [3.05, 3.63) is 29.3 Å². The number of hydrogen-bond donors (Lipinski definition) is 0. The number of benzene rings is 1. The summed E-state index contributed by atoms with van der Waals surface area (Å²) in [7, 11) is 1.70. The van der Waals surface area contributed by atoms with E-state index in [4.69, 9.17) is 14.2 Å². The van der Waals surface area contributed by atoms with Crippen molar-refractivity contribution in [3.63, 3.8) is 0 Å². The van der Waals surface area contributed by atoms with Crippen LogP contribution in [0.3, 0.4) is 0 Å². The molecule has 31 heavy (non-hydrogen) atoms. The van der Waals surface area contributed by atoms with E-state index in [0.717, 1.165) is 37.9 Å². The topological polar surface area (TPSA) is 68.3 Å². The van der Waals surface area contributed by atoms with E-state index in [1.165, 1.54) is 11.1 Å². The van der Waals surface area contributed by atoms with Crippen LogP contribution >= 0.6 is 0 Å². The van der Waals surface area contributed by atoms with Crippen LogP contribution in [0, 0.1) is 0 Å². The fourth-order valence-electron chi connectivity index (χ4n) is 4.63. The smallest absolute Gasteiger partial charge is 0.410 e. The Hall–Kier alpha value is -2.28. The van der Waals surface area contributed by atoms with Crippen LogP contribution in [0.1, 0.15) is 51.2 Å². The van der Waals surface area contributed by atoms with Crippen molar-refractivity contribution >= 4 is 12.0 Å². The van der Waals surface area contributed by atoms with Gasteiger partial charge in [0.15, 0.2) is 6.10 Å². The molecule has 1 heterocycles. The van der Waals surface area contributed by atoms with Crippen molar-refractivity contribution in [1.29, 1.82) is 0 Å². The molecular formula is C24H34N2O5. The van der Waals surface area contributed by atoms with Crippen molar-refractivity contribution in [2.24, 2.45) is 0 Å². The summed E-state index contributed by atoms with van der Waals surface area (Å²) in [6.07, 6.45) is 3.70. The predicted octanol–water partition coefficient (Wildman–Crippen LogP) is 3.18. The molecule has 0 aromatic heterocycles. The first-order valence-electron chi connectivity index (χ1n) is 11.3. The number of rotatable bonds is 4. The fourth-order valence-corrected chi connectivity index (χ4v) is 4.63. The summed E-state index contributed by atoms with van der Waals surface area (Å²) in [6, 6.07) is 6.58. The van der Waals surface area contributed by atoms with Crippen LogP contribution in [-0.4, -0.2) is 72.4 Å². The van der Waals surface area contributed by atoms with E-state index in [-0.39, 0.29) is 30.6 Å². The second kappa shape index (κ2) is 8.69. The molecule has 3 aliphatic rings. The van der Waals surface area contributed by atoms with Crippen molar-refractivity contribution in [1.82, 2.24) is 9.80 Å². The summed E-state index contributed by atoms with van der Waals surface area (Å²) in [4.78, 5) is 29.8. The van der Waals surface area contributed by atoms with Crippen LogP contribution in [0.5, 0.6) is 5.75 Å². The molecule has 2 amide bonds. The first-order chi connectivity index (χ1) is 14.8. The van der Waals surface area contributed by atoms with Crippen LogP contribution in [0.4, 0.5) is 4.79 Å². The van der Waals surface area contributed by atoms with E-state index < -0.39 is 11.7 Å². The van der Waals surface area contributed by atoms with Crippen molar-refractivity contribution in [2.75, 3.05) is 26.8 Å². The Morgan fingerprint density at radius 2 is 1.94 bits per heavy atom. The molecule has 1 unspecified atom stereocenters. The number of hydrogen-bond acceptors (Lipinski definition) is 5. The lowest BCUT2D eigenvalue weighted by Crippen LogP contribution is -2.56. The highest BCUT2D eigenvalue weighted by Gasteiger charge is 2.43.